The number of esters is 6. The van der Waals surface area contributed by atoms with Gasteiger partial charge in [-0.25, -0.2) is 28.8 Å². The van der Waals surface area contributed by atoms with Crippen LogP contribution in [0, 0.1) is 5.41 Å². The van der Waals surface area contributed by atoms with Gasteiger partial charge in [0.2, 0.25) is 0 Å². The van der Waals surface area contributed by atoms with Crippen LogP contribution in [-0.4, -0.2) is 96.8 Å². The molecule has 0 spiro atoms. The predicted octanol–water partition coefficient (Wildman–Crippen LogP) is 2.78. The molecule has 0 saturated heterocycles. The van der Waals surface area contributed by atoms with Crippen LogP contribution in [0.4, 0.5) is 0 Å². The molecular formula is C34H38O15. The highest BCUT2D eigenvalue weighted by atomic mass is 16.6. The molecule has 2 aromatic carbocycles. The molecule has 0 saturated carbocycles. The van der Waals surface area contributed by atoms with Gasteiger partial charge in [0.1, 0.15) is 25.6 Å². The van der Waals surface area contributed by atoms with Crippen molar-refractivity contribution in [1.82, 2.24) is 0 Å². The first-order chi connectivity index (χ1) is 23.2. The third-order valence-electron chi connectivity index (χ3n) is 6.34. The number of carbonyl (C=O) groups is 6. The van der Waals surface area contributed by atoms with E-state index in [1.54, 1.807) is 30.3 Å². The molecule has 2 rings (SSSR count). The minimum atomic E-state index is -1.55. The summed E-state index contributed by atoms with van der Waals surface area (Å²) in [5, 5.41) is 0. The molecule has 0 aliphatic heterocycles. The van der Waals surface area contributed by atoms with E-state index in [0.717, 1.165) is 14.2 Å². The van der Waals surface area contributed by atoms with E-state index in [4.69, 9.17) is 33.2 Å². The fraction of sp³-hybridized carbons (Fsp3) is 0.353. The van der Waals surface area contributed by atoms with Crippen molar-refractivity contribution in [3.8, 4) is 28.4 Å². The van der Waals surface area contributed by atoms with Crippen molar-refractivity contribution in [3.63, 3.8) is 0 Å². The van der Waals surface area contributed by atoms with Crippen molar-refractivity contribution in [1.29, 1.82) is 0 Å². The normalized spacial score (nSPS) is 10.6. The Morgan fingerprint density at radius 1 is 0.592 bits per heavy atom. The molecule has 0 aliphatic carbocycles. The van der Waals surface area contributed by atoms with Crippen LogP contribution in [0.1, 0.15) is 13.8 Å². The molecular weight excluding hydrogens is 648 g/mol. The summed E-state index contributed by atoms with van der Waals surface area (Å²) in [6, 6.07) is 11.1. The van der Waals surface area contributed by atoms with E-state index in [1.165, 1.54) is 33.1 Å². The monoisotopic (exact) mass is 686 g/mol. The summed E-state index contributed by atoms with van der Waals surface area (Å²) >= 11 is 0. The number of hydrogen-bond donors (Lipinski definition) is 0. The second-order valence-corrected chi connectivity index (χ2v) is 10.5. The van der Waals surface area contributed by atoms with Crippen LogP contribution in [0.2, 0.25) is 0 Å². The van der Waals surface area contributed by atoms with E-state index < -0.39 is 61.1 Å². The molecule has 0 aromatic heterocycles. The van der Waals surface area contributed by atoms with Gasteiger partial charge in [-0.2, -0.15) is 0 Å². The Bertz CT molecular complexity index is 1510. The molecule has 0 radical (unpaired) electrons. The molecule has 264 valence electrons. The van der Waals surface area contributed by atoms with E-state index in [2.05, 4.69) is 22.6 Å². The van der Waals surface area contributed by atoms with Crippen molar-refractivity contribution in [2.75, 3.05) is 61.0 Å². The summed E-state index contributed by atoms with van der Waals surface area (Å²) in [6.45, 7) is 8.36. The highest BCUT2D eigenvalue weighted by molar-refractivity contribution is 6.30. The maximum Gasteiger partial charge on any atom is 0.417 e. The second kappa shape index (κ2) is 19.3. The maximum absolute atomic E-state index is 12.6. The summed E-state index contributed by atoms with van der Waals surface area (Å²) in [4.78, 5) is 72.4. The summed E-state index contributed by atoms with van der Waals surface area (Å²) in [5.41, 5.74) is -0.00260. The van der Waals surface area contributed by atoms with Gasteiger partial charge in [0.25, 0.3) is 0 Å². The fourth-order valence-corrected chi connectivity index (χ4v) is 3.62. The highest BCUT2D eigenvalue weighted by Gasteiger charge is 2.38. The average Bonchev–Trinajstić information content (AvgIpc) is 3.09. The lowest BCUT2D eigenvalue weighted by Crippen LogP contribution is -2.45. The van der Waals surface area contributed by atoms with Crippen LogP contribution in [0.3, 0.4) is 0 Å². The molecule has 0 N–H and O–H groups in total. The van der Waals surface area contributed by atoms with E-state index in [0.29, 0.717) is 11.1 Å². The highest BCUT2D eigenvalue weighted by Crippen LogP contribution is 2.35. The smallest absolute Gasteiger partial charge is 0.417 e. The third kappa shape index (κ3) is 12.5. The lowest BCUT2D eigenvalue weighted by Gasteiger charge is -2.32. The first-order valence-corrected chi connectivity index (χ1v) is 14.4. The van der Waals surface area contributed by atoms with Crippen LogP contribution in [-0.2, 0) is 57.2 Å². The number of hydrogen-bond acceptors (Lipinski definition) is 15. The zero-order valence-electron chi connectivity index (χ0n) is 27.8. The van der Waals surface area contributed by atoms with Crippen molar-refractivity contribution in [3.05, 3.63) is 66.8 Å². The van der Waals surface area contributed by atoms with Crippen molar-refractivity contribution >= 4 is 35.8 Å². The van der Waals surface area contributed by atoms with Crippen LogP contribution in [0.15, 0.2) is 66.8 Å². The molecule has 2 aromatic rings. The van der Waals surface area contributed by atoms with Gasteiger partial charge < -0.3 is 42.6 Å². The Morgan fingerprint density at radius 3 is 1.63 bits per heavy atom. The Morgan fingerprint density at radius 2 is 1.12 bits per heavy atom. The number of benzene rings is 2. The molecule has 15 heteroatoms. The quantitative estimate of drug-likeness (QED) is 0.0590. The number of methoxy groups -OCH3 is 3. The lowest BCUT2D eigenvalue weighted by molar-refractivity contribution is -0.176. The Balaban J connectivity index is 2.50. The molecule has 15 nitrogen and oxygen atoms in total. The van der Waals surface area contributed by atoms with E-state index in [-0.39, 0.29) is 48.2 Å². The Kier molecular flexibility index (Phi) is 15.6. The largest absolute Gasteiger partial charge is 0.489 e. The SMILES string of the molecule is C=C(C)C(=O)Oc1ccc(-c2ccc(OCC(COCCOC)(COC(=O)C(=O)OC)COC(=O)C(=O)OC)c(OC(=O)C(=C)C)c2)cc1. The van der Waals surface area contributed by atoms with Crippen LogP contribution < -0.4 is 14.2 Å². The molecule has 0 unspecified atom stereocenters. The van der Waals surface area contributed by atoms with E-state index in [9.17, 15) is 28.8 Å². The first-order valence-electron chi connectivity index (χ1n) is 14.4. The molecule has 0 fully saturated rings. The number of carbonyl (C=O) groups excluding carboxylic acids is 6. The van der Waals surface area contributed by atoms with Gasteiger partial charge in [0, 0.05) is 18.3 Å². The number of rotatable bonds is 17. The molecule has 0 bridgehead atoms. The van der Waals surface area contributed by atoms with Gasteiger partial charge in [-0.05, 0) is 49.2 Å². The van der Waals surface area contributed by atoms with Gasteiger partial charge in [-0.15, -0.1) is 0 Å². The standard InChI is InChI=1S/C34H38O15/c1-21(2)28(35)48-25-11-8-23(9-12-25)24-10-13-26(27(16-24)49-29(36)22(3)4)45-18-34(17-44-15-14-41-5,19-46-32(39)30(37)42-6)20-47-33(40)31(38)43-7/h8-13,16H,1,3,14-15,17-20H2,2,4-7H3. The third-order valence-corrected chi connectivity index (χ3v) is 6.34. The van der Waals surface area contributed by atoms with Gasteiger partial charge in [-0.1, -0.05) is 31.4 Å². The summed E-state index contributed by atoms with van der Waals surface area (Å²) in [7, 11) is 3.41. The van der Waals surface area contributed by atoms with E-state index in [1.807, 2.05) is 0 Å². The summed E-state index contributed by atoms with van der Waals surface area (Å²) < 4.78 is 46.6. The zero-order valence-corrected chi connectivity index (χ0v) is 27.8. The minimum Gasteiger partial charge on any atom is -0.489 e. The Labute approximate surface area is 282 Å². The van der Waals surface area contributed by atoms with Gasteiger partial charge in [0.05, 0.1) is 39.5 Å². The van der Waals surface area contributed by atoms with Crippen LogP contribution in [0.25, 0.3) is 11.1 Å². The molecule has 49 heavy (non-hydrogen) atoms. The molecule has 0 atom stereocenters. The lowest BCUT2D eigenvalue weighted by atomic mass is 9.92. The number of ether oxygens (including phenoxy) is 9. The molecule has 0 amide bonds. The van der Waals surface area contributed by atoms with Gasteiger partial charge in [0.15, 0.2) is 11.5 Å². The first kappa shape index (κ1) is 39.6. The fourth-order valence-electron chi connectivity index (χ4n) is 3.62. The summed E-state index contributed by atoms with van der Waals surface area (Å²) in [6.07, 6.45) is 0. The Hall–Kier alpha value is -5.54. The van der Waals surface area contributed by atoms with Gasteiger partial charge >= 0.3 is 35.8 Å². The molecule has 0 heterocycles. The van der Waals surface area contributed by atoms with Crippen LogP contribution >= 0.6 is 0 Å². The van der Waals surface area contributed by atoms with E-state index >= 15 is 0 Å². The van der Waals surface area contributed by atoms with Crippen molar-refractivity contribution in [2.24, 2.45) is 5.41 Å². The second-order valence-electron chi connectivity index (χ2n) is 10.5. The van der Waals surface area contributed by atoms with Crippen LogP contribution in [0.5, 0.6) is 17.2 Å². The summed E-state index contributed by atoms with van der Waals surface area (Å²) in [5.74, 6) is -6.40. The molecule has 0 aliphatic rings. The van der Waals surface area contributed by atoms with Crippen molar-refractivity contribution < 1.29 is 71.4 Å². The van der Waals surface area contributed by atoms with Crippen molar-refractivity contribution in [2.45, 2.75) is 13.8 Å². The van der Waals surface area contributed by atoms with Gasteiger partial charge in [-0.3, -0.25) is 0 Å². The minimum absolute atomic E-state index is 0.0187. The topological polar surface area (TPSA) is 185 Å². The maximum atomic E-state index is 12.6. The predicted molar refractivity (Wildman–Crippen MR) is 169 cm³/mol. The zero-order chi connectivity index (χ0) is 36.6. The average molecular weight is 687 g/mol.